The molecule has 0 saturated carbocycles. The van der Waals surface area contributed by atoms with Crippen LogP contribution in [0.5, 0.6) is 5.75 Å². The molecule has 1 amide bonds. The van der Waals surface area contributed by atoms with Crippen LogP contribution in [0.15, 0.2) is 22.7 Å². The van der Waals surface area contributed by atoms with E-state index in [2.05, 4.69) is 5.16 Å². The third-order valence-electron chi connectivity index (χ3n) is 2.76. The maximum atomic E-state index is 11.3. The minimum atomic E-state index is -0.587. The van der Waals surface area contributed by atoms with Gasteiger partial charge in [-0.2, -0.15) is 0 Å². The SMILES string of the molecule is Cc1noc(C)c1COc1ccc(Cl)cc1C(N)=O. The average molecular weight is 281 g/mol. The van der Waals surface area contributed by atoms with Crippen LogP contribution >= 0.6 is 11.6 Å². The topological polar surface area (TPSA) is 78.3 Å². The zero-order valence-electron chi connectivity index (χ0n) is 10.6. The summed E-state index contributed by atoms with van der Waals surface area (Å²) in [5.41, 5.74) is 7.14. The molecule has 1 aromatic carbocycles. The maximum absolute atomic E-state index is 11.3. The fourth-order valence-corrected chi connectivity index (χ4v) is 1.85. The molecule has 2 N–H and O–H groups in total. The molecule has 0 bridgehead atoms. The summed E-state index contributed by atoms with van der Waals surface area (Å²) in [6.45, 7) is 3.88. The second-order valence-electron chi connectivity index (χ2n) is 4.10. The highest BCUT2D eigenvalue weighted by molar-refractivity contribution is 6.31. The van der Waals surface area contributed by atoms with Gasteiger partial charge in [0.2, 0.25) is 0 Å². The van der Waals surface area contributed by atoms with E-state index in [9.17, 15) is 4.79 Å². The molecule has 0 aliphatic rings. The summed E-state index contributed by atoms with van der Waals surface area (Å²) >= 11 is 5.82. The lowest BCUT2D eigenvalue weighted by Gasteiger charge is -2.09. The number of halogens is 1. The first-order valence-electron chi connectivity index (χ1n) is 5.63. The molecule has 0 aliphatic carbocycles. The van der Waals surface area contributed by atoms with Crippen LogP contribution in [0.4, 0.5) is 0 Å². The van der Waals surface area contributed by atoms with Gasteiger partial charge in [0.1, 0.15) is 18.1 Å². The largest absolute Gasteiger partial charge is 0.488 e. The molecule has 0 radical (unpaired) electrons. The molecule has 0 spiro atoms. The van der Waals surface area contributed by atoms with Crippen LogP contribution in [0.1, 0.15) is 27.4 Å². The predicted octanol–water partition coefficient (Wildman–Crippen LogP) is 2.62. The number of ether oxygens (including phenoxy) is 1. The van der Waals surface area contributed by atoms with Gasteiger partial charge in [-0.05, 0) is 32.0 Å². The van der Waals surface area contributed by atoms with Crippen molar-refractivity contribution in [2.45, 2.75) is 20.5 Å². The third-order valence-corrected chi connectivity index (χ3v) is 3.00. The smallest absolute Gasteiger partial charge is 0.252 e. The second kappa shape index (κ2) is 5.32. The molecule has 0 saturated heterocycles. The molecule has 5 nitrogen and oxygen atoms in total. The Bertz CT molecular complexity index is 603. The predicted molar refractivity (Wildman–Crippen MR) is 70.3 cm³/mol. The van der Waals surface area contributed by atoms with Crippen molar-refractivity contribution < 1.29 is 14.1 Å². The number of aryl methyl sites for hydroxylation is 2. The lowest BCUT2D eigenvalue weighted by molar-refractivity contribution is 0.0996. The third kappa shape index (κ3) is 2.88. The van der Waals surface area contributed by atoms with E-state index in [1.54, 1.807) is 19.1 Å². The van der Waals surface area contributed by atoms with E-state index >= 15 is 0 Å². The number of benzene rings is 1. The Balaban J connectivity index is 2.23. The van der Waals surface area contributed by atoms with E-state index in [4.69, 9.17) is 26.6 Å². The van der Waals surface area contributed by atoms with Crippen LogP contribution in [0.25, 0.3) is 0 Å². The Morgan fingerprint density at radius 2 is 2.21 bits per heavy atom. The fourth-order valence-electron chi connectivity index (χ4n) is 1.68. The monoisotopic (exact) mass is 280 g/mol. The molecule has 19 heavy (non-hydrogen) atoms. The lowest BCUT2D eigenvalue weighted by atomic mass is 10.2. The van der Waals surface area contributed by atoms with Crippen LogP contribution < -0.4 is 10.5 Å². The number of aromatic nitrogens is 1. The Labute approximate surface area is 115 Å². The van der Waals surface area contributed by atoms with E-state index in [0.29, 0.717) is 16.5 Å². The average Bonchev–Trinajstić information content (AvgIpc) is 2.68. The van der Waals surface area contributed by atoms with Crippen LogP contribution in [0, 0.1) is 13.8 Å². The molecule has 0 fully saturated rings. The van der Waals surface area contributed by atoms with E-state index < -0.39 is 5.91 Å². The van der Waals surface area contributed by atoms with Crippen LogP contribution in [-0.4, -0.2) is 11.1 Å². The van der Waals surface area contributed by atoms with Gasteiger partial charge < -0.3 is 15.0 Å². The van der Waals surface area contributed by atoms with Crippen LogP contribution in [0.3, 0.4) is 0 Å². The molecule has 1 aromatic heterocycles. The number of carbonyl (C=O) groups is 1. The summed E-state index contributed by atoms with van der Waals surface area (Å²) < 4.78 is 10.6. The standard InChI is InChI=1S/C13H13ClN2O3/c1-7-11(8(2)19-16-7)6-18-12-4-3-9(14)5-10(12)13(15)17/h3-5H,6H2,1-2H3,(H2,15,17). The number of rotatable bonds is 4. The summed E-state index contributed by atoms with van der Waals surface area (Å²) in [7, 11) is 0. The van der Waals surface area contributed by atoms with Gasteiger partial charge in [0, 0.05) is 5.02 Å². The summed E-state index contributed by atoms with van der Waals surface area (Å²) in [5.74, 6) is 0.486. The number of nitrogens with two attached hydrogens (primary N) is 1. The van der Waals surface area contributed by atoms with Crippen LogP contribution in [0.2, 0.25) is 5.02 Å². The van der Waals surface area contributed by atoms with Crippen molar-refractivity contribution in [1.29, 1.82) is 0 Å². The number of hydrogen-bond acceptors (Lipinski definition) is 4. The van der Waals surface area contributed by atoms with Crippen molar-refractivity contribution >= 4 is 17.5 Å². The Morgan fingerprint density at radius 3 is 2.79 bits per heavy atom. The lowest BCUT2D eigenvalue weighted by Crippen LogP contribution is -2.13. The molecule has 0 atom stereocenters. The number of carbonyl (C=O) groups excluding carboxylic acids is 1. The van der Waals surface area contributed by atoms with Crippen molar-refractivity contribution in [1.82, 2.24) is 5.16 Å². The number of primary amides is 1. The van der Waals surface area contributed by atoms with Crippen LogP contribution in [-0.2, 0) is 6.61 Å². The highest BCUT2D eigenvalue weighted by Gasteiger charge is 2.13. The van der Waals surface area contributed by atoms with Gasteiger partial charge in [-0.1, -0.05) is 16.8 Å². The number of nitrogens with zero attached hydrogens (tertiary/aromatic N) is 1. The molecule has 1 heterocycles. The van der Waals surface area contributed by atoms with Gasteiger partial charge in [-0.3, -0.25) is 4.79 Å². The van der Waals surface area contributed by atoms with Gasteiger partial charge in [-0.25, -0.2) is 0 Å². The van der Waals surface area contributed by atoms with Crippen molar-refractivity contribution in [2.75, 3.05) is 0 Å². The highest BCUT2D eigenvalue weighted by Crippen LogP contribution is 2.24. The van der Waals surface area contributed by atoms with Gasteiger partial charge in [-0.15, -0.1) is 0 Å². The minimum absolute atomic E-state index is 0.249. The molecular weight excluding hydrogens is 268 g/mol. The molecule has 100 valence electrons. The first-order chi connectivity index (χ1) is 8.99. The van der Waals surface area contributed by atoms with E-state index in [0.717, 1.165) is 11.3 Å². The number of hydrogen-bond donors (Lipinski definition) is 1. The first kappa shape index (κ1) is 13.4. The van der Waals surface area contributed by atoms with E-state index in [-0.39, 0.29) is 12.2 Å². The summed E-state index contributed by atoms with van der Waals surface area (Å²) in [4.78, 5) is 11.3. The Kier molecular flexibility index (Phi) is 3.76. The highest BCUT2D eigenvalue weighted by atomic mass is 35.5. The van der Waals surface area contributed by atoms with Crippen molar-refractivity contribution in [2.24, 2.45) is 5.73 Å². The summed E-state index contributed by atoms with van der Waals surface area (Å²) in [5, 5.41) is 4.26. The second-order valence-corrected chi connectivity index (χ2v) is 4.53. The number of amides is 1. The van der Waals surface area contributed by atoms with E-state index in [1.807, 2.05) is 6.92 Å². The fraction of sp³-hybridized carbons (Fsp3) is 0.231. The zero-order chi connectivity index (χ0) is 14.0. The minimum Gasteiger partial charge on any atom is -0.488 e. The first-order valence-corrected chi connectivity index (χ1v) is 6.00. The Hall–Kier alpha value is -2.01. The quantitative estimate of drug-likeness (QED) is 0.934. The zero-order valence-corrected chi connectivity index (χ0v) is 11.3. The van der Waals surface area contributed by atoms with Gasteiger partial charge in [0.05, 0.1) is 16.8 Å². The Morgan fingerprint density at radius 1 is 1.47 bits per heavy atom. The maximum Gasteiger partial charge on any atom is 0.252 e. The van der Waals surface area contributed by atoms with Gasteiger partial charge in [0.25, 0.3) is 5.91 Å². The van der Waals surface area contributed by atoms with E-state index in [1.165, 1.54) is 6.07 Å². The van der Waals surface area contributed by atoms with Crippen molar-refractivity contribution in [3.05, 3.63) is 45.8 Å². The molecule has 0 aliphatic heterocycles. The molecule has 2 aromatic rings. The van der Waals surface area contributed by atoms with Crippen molar-refractivity contribution in [3.63, 3.8) is 0 Å². The van der Waals surface area contributed by atoms with Gasteiger partial charge >= 0.3 is 0 Å². The molecule has 6 heteroatoms. The summed E-state index contributed by atoms with van der Waals surface area (Å²) in [6.07, 6.45) is 0. The molecule has 0 unspecified atom stereocenters. The van der Waals surface area contributed by atoms with Crippen molar-refractivity contribution in [3.8, 4) is 5.75 Å². The molecular formula is C13H13ClN2O3. The normalized spacial score (nSPS) is 10.5. The summed E-state index contributed by atoms with van der Waals surface area (Å²) in [6, 6.07) is 4.73. The van der Waals surface area contributed by atoms with Gasteiger partial charge in [0.15, 0.2) is 0 Å². The molecule has 2 rings (SSSR count).